The number of rotatable bonds is 4. The number of Topliss-reactive ketones (excluding diaryl/α,β-unsaturated/α-hetero) is 1. The van der Waals surface area contributed by atoms with Gasteiger partial charge in [0.2, 0.25) is 0 Å². The van der Waals surface area contributed by atoms with Gasteiger partial charge in [-0.05, 0) is 25.3 Å². The highest BCUT2D eigenvalue weighted by Gasteiger charge is 2.29. The lowest BCUT2D eigenvalue weighted by Gasteiger charge is -2.21. The first-order chi connectivity index (χ1) is 11.7. The molecule has 1 atom stereocenters. The molecule has 1 aliphatic rings. The Morgan fingerprint density at radius 3 is 3.00 bits per heavy atom. The van der Waals surface area contributed by atoms with Gasteiger partial charge in [-0.2, -0.15) is 0 Å². The van der Waals surface area contributed by atoms with Gasteiger partial charge in [0.15, 0.2) is 5.78 Å². The summed E-state index contributed by atoms with van der Waals surface area (Å²) < 4.78 is 4.31. The third-order valence-corrected chi connectivity index (χ3v) is 5.20. The molecular weight excluding hydrogens is 298 g/mol. The van der Waals surface area contributed by atoms with Crippen LogP contribution in [-0.2, 0) is 26.4 Å². The normalized spacial score (nSPS) is 17.2. The molecule has 4 nitrogen and oxygen atoms in total. The molecule has 1 aliphatic carbocycles. The average Bonchev–Trinajstić information content (AvgIpc) is 3.16. The second-order valence-electron chi connectivity index (χ2n) is 6.81. The molecule has 4 heteroatoms. The molecule has 0 aliphatic heterocycles. The summed E-state index contributed by atoms with van der Waals surface area (Å²) in [4.78, 5) is 17.7. The lowest BCUT2D eigenvalue weighted by atomic mass is 9.84. The largest absolute Gasteiger partial charge is 0.350 e. The van der Waals surface area contributed by atoms with Crippen LogP contribution in [0.3, 0.4) is 0 Å². The van der Waals surface area contributed by atoms with Crippen LogP contribution in [0.1, 0.15) is 41.5 Å². The molecule has 0 bridgehead atoms. The van der Waals surface area contributed by atoms with Crippen LogP contribution in [0.5, 0.6) is 0 Å². The van der Waals surface area contributed by atoms with E-state index in [1.807, 2.05) is 42.3 Å². The SMILES string of the molecule is CCCn1cnc2c1CCC(C(=O)c1cn(C)c3ccccc13)C2. The fourth-order valence-corrected chi connectivity index (χ4v) is 3.97. The summed E-state index contributed by atoms with van der Waals surface area (Å²) in [5.74, 6) is 0.316. The summed E-state index contributed by atoms with van der Waals surface area (Å²) in [6.45, 7) is 3.20. The molecule has 0 fully saturated rings. The van der Waals surface area contributed by atoms with Crippen molar-refractivity contribution in [3.63, 3.8) is 0 Å². The maximum absolute atomic E-state index is 13.1. The minimum absolute atomic E-state index is 0.0493. The first-order valence-corrected chi connectivity index (χ1v) is 8.80. The van der Waals surface area contributed by atoms with E-state index in [9.17, 15) is 4.79 Å². The predicted molar refractivity (Wildman–Crippen MR) is 95.3 cm³/mol. The lowest BCUT2D eigenvalue weighted by molar-refractivity contribution is 0.0909. The first-order valence-electron chi connectivity index (χ1n) is 8.80. The topological polar surface area (TPSA) is 39.8 Å². The number of ketones is 1. The minimum Gasteiger partial charge on any atom is -0.350 e. The van der Waals surface area contributed by atoms with Gasteiger partial charge in [-0.1, -0.05) is 25.1 Å². The Morgan fingerprint density at radius 1 is 1.33 bits per heavy atom. The van der Waals surface area contributed by atoms with Crippen LogP contribution < -0.4 is 0 Å². The summed E-state index contributed by atoms with van der Waals surface area (Å²) in [6.07, 6.45) is 7.69. The van der Waals surface area contributed by atoms with Crippen LogP contribution in [-0.4, -0.2) is 19.9 Å². The molecule has 2 aromatic heterocycles. The standard InChI is InChI=1S/C20H23N3O/c1-3-10-23-13-21-17-11-14(8-9-19(17)23)20(24)16-12-22(2)18-7-5-4-6-15(16)18/h4-7,12-14H,3,8-11H2,1-2H3. The zero-order chi connectivity index (χ0) is 16.7. The second-order valence-corrected chi connectivity index (χ2v) is 6.81. The van der Waals surface area contributed by atoms with Crippen LogP contribution in [0.4, 0.5) is 0 Å². The molecule has 0 radical (unpaired) electrons. The van der Waals surface area contributed by atoms with Gasteiger partial charge in [0.05, 0.1) is 12.0 Å². The highest BCUT2D eigenvalue weighted by atomic mass is 16.1. The van der Waals surface area contributed by atoms with Crippen molar-refractivity contribution in [2.45, 2.75) is 39.2 Å². The maximum atomic E-state index is 13.1. The van der Waals surface area contributed by atoms with Crippen molar-refractivity contribution in [1.29, 1.82) is 0 Å². The van der Waals surface area contributed by atoms with Gasteiger partial charge in [0, 0.05) is 54.3 Å². The summed E-state index contributed by atoms with van der Waals surface area (Å²) in [5, 5.41) is 1.06. The monoisotopic (exact) mass is 321 g/mol. The first kappa shape index (κ1) is 15.2. The molecule has 2 heterocycles. The van der Waals surface area contributed by atoms with E-state index in [1.54, 1.807) is 0 Å². The van der Waals surface area contributed by atoms with Crippen LogP contribution in [0.2, 0.25) is 0 Å². The summed E-state index contributed by atoms with van der Waals surface area (Å²) >= 11 is 0. The fourth-order valence-electron chi connectivity index (χ4n) is 3.97. The van der Waals surface area contributed by atoms with Gasteiger partial charge in [-0.25, -0.2) is 4.98 Å². The van der Waals surface area contributed by atoms with Crippen molar-refractivity contribution >= 4 is 16.7 Å². The van der Waals surface area contributed by atoms with E-state index in [4.69, 9.17) is 0 Å². The highest BCUT2D eigenvalue weighted by molar-refractivity contribution is 6.09. The second kappa shape index (κ2) is 5.93. The molecule has 0 N–H and O–H groups in total. The van der Waals surface area contributed by atoms with Crippen molar-refractivity contribution in [2.24, 2.45) is 13.0 Å². The van der Waals surface area contributed by atoms with Gasteiger partial charge >= 0.3 is 0 Å². The summed E-state index contributed by atoms with van der Waals surface area (Å²) in [6, 6.07) is 8.14. The minimum atomic E-state index is 0.0493. The number of para-hydroxylation sites is 1. The third-order valence-electron chi connectivity index (χ3n) is 5.20. The predicted octanol–water partition coefficient (Wildman–Crippen LogP) is 3.77. The summed E-state index contributed by atoms with van der Waals surface area (Å²) in [5.41, 5.74) is 4.42. The van der Waals surface area contributed by atoms with E-state index in [0.29, 0.717) is 0 Å². The molecule has 4 rings (SSSR count). The number of hydrogen-bond donors (Lipinski definition) is 0. The number of nitrogens with zero attached hydrogens (tertiary/aromatic N) is 3. The lowest BCUT2D eigenvalue weighted by Crippen LogP contribution is -2.24. The van der Waals surface area contributed by atoms with Crippen LogP contribution in [0, 0.1) is 5.92 Å². The van der Waals surface area contributed by atoms with Crippen molar-refractivity contribution in [2.75, 3.05) is 0 Å². The zero-order valence-corrected chi connectivity index (χ0v) is 14.3. The van der Waals surface area contributed by atoms with Crippen molar-refractivity contribution in [3.05, 3.63) is 53.7 Å². The van der Waals surface area contributed by atoms with E-state index in [2.05, 4.69) is 22.5 Å². The Kier molecular flexibility index (Phi) is 3.75. The third kappa shape index (κ3) is 2.37. The van der Waals surface area contributed by atoms with Crippen LogP contribution in [0.25, 0.3) is 10.9 Å². The molecule has 1 aromatic carbocycles. The number of carbonyl (C=O) groups is 1. The molecule has 0 saturated carbocycles. The van der Waals surface area contributed by atoms with E-state index in [-0.39, 0.29) is 11.7 Å². The summed E-state index contributed by atoms with van der Waals surface area (Å²) in [7, 11) is 2.00. The Labute approximate surface area is 142 Å². The number of aryl methyl sites for hydroxylation is 2. The van der Waals surface area contributed by atoms with Crippen LogP contribution in [0.15, 0.2) is 36.8 Å². The number of carbonyl (C=O) groups excluding carboxylic acids is 1. The highest BCUT2D eigenvalue weighted by Crippen LogP contribution is 2.30. The van der Waals surface area contributed by atoms with E-state index in [0.717, 1.165) is 54.4 Å². The van der Waals surface area contributed by atoms with E-state index >= 15 is 0 Å². The molecule has 124 valence electrons. The van der Waals surface area contributed by atoms with Gasteiger partial charge in [0.1, 0.15) is 0 Å². The number of aromatic nitrogens is 3. The number of imidazole rings is 1. The van der Waals surface area contributed by atoms with Crippen molar-refractivity contribution < 1.29 is 4.79 Å². The molecule has 0 saturated heterocycles. The Bertz CT molecular complexity index is 903. The van der Waals surface area contributed by atoms with Crippen LogP contribution >= 0.6 is 0 Å². The number of fused-ring (bicyclic) bond motifs is 2. The van der Waals surface area contributed by atoms with Gasteiger partial charge in [0.25, 0.3) is 0 Å². The Morgan fingerprint density at radius 2 is 2.17 bits per heavy atom. The molecule has 0 amide bonds. The van der Waals surface area contributed by atoms with E-state index in [1.165, 1.54) is 5.69 Å². The van der Waals surface area contributed by atoms with Gasteiger partial charge in [-0.15, -0.1) is 0 Å². The Balaban J connectivity index is 1.63. The quantitative estimate of drug-likeness (QED) is 0.686. The number of hydrogen-bond acceptors (Lipinski definition) is 2. The molecule has 1 unspecified atom stereocenters. The smallest absolute Gasteiger partial charge is 0.168 e. The molecular formula is C20H23N3O. The Hall–Kier alpha value is -2.36. The van der Waals surface area contributed by atoms with Gasteiger partial charge < -0.3 is 9.13 Å². The van der Waals surface area contributed by atoms with Gasteiger partial charge in [-0.3, -0.25) is 4.79 Å². The maximum Gasteiger partial charge on any atom is 0.168 e. The van der Waals surface area contributed by atoms with E-state index < -0.39 is 0 Å². The number of benzene rings is 1. The zero-order valence-electron chi connectivity index (χ0n) is 14.3. The van der Waals surface area contributed by atoms with Crippen molar-refractivity contribution in [1.82, 2.24) is 14.1 Å². The molecule has 0 spiro atoms. The average molecular weight is 321 g/mol. The van der Waals surface area contributed by atoms with Crippen molar-refractivity contribution in [3.8, 4) is 0 Å². The molecule has 3 aromatic rings. The fraction of sp³-hybridized carbons (Fsp3) is 0.400. The molecule has 24 heavy (non-hydrogen) atoms.